The van der Waals surface area contributed by atoms with Crippen molar-refractivity contribution in [3.8, 4) is 0 Å². The van der Waals surface area contributed by atoms with Gasteiger partial charge in [-0.15, -0.1) is 0 Å². The third kappa shape index (κ3) is 3.39. The van der Waals surface area contributed by atoms with E-state index in [1.165, 1.54) is 5.56 Å². The molecule has 2 aromatic rings. The number of ether oxygens (including phenoxy) is 1. The summed E-state index contributed by atoms with van der Waals surface area (Å²) in [4.78, 5) is 17.8. The second-order valence-electron chi connectivity index (χ2n) is 6.42. The van der Waals surface area contributed by atoms with Gasteiger partial charge in [0.1, 0.15) is 0 Å². The number of nitrogens with zero attached hydrogens (tertiary/aromatic N) is 5. The van der Waals surface area contributed by atoms with Crippen LogP contribution in [0.4, 0.5) is 5.95 Å². The summed E-state index contributed by atoms with van der Waals surface area (Å²) in [5, 5.41) is 0. The van der Waals surface area contributed by atoms with Gasteiger partial charge in [0.2, 0.25) is 5.95 Å². The van der Waals surface area contributed by atoms with E-state index in [1.54, 1.807) is 0 Å². The van der Waals surface area contributed by atoms with E-state index in [4.69, 9.17) is 4.74 Å². The molecular formula is C18H23N5O. The summed E-state index contributed by atoms with van der Waals surface area (Å²) in [6.45, 7) is 4.70. The molecule has 0 bridgehead atoms. The minimum atomic E-state index is 0.300. The highest BCUT2D eigenvalue weighted by molar-refractivity contribution is 5.28. The first kappa shape index (κ1) is 15.5. The minimum Gasteiger partial charge on any atom is -0.375 e. The van der Waals surface area contributed by atoms with Crippen molar-refractivity contribution in [1.82, 2.24) is 19.9 Å². The number of pyridine rings is 1. The second kappa shape index (κ2) is 7.23. The van der Waals surface area contributed by atoms with E-state index in [0.717, 1.165) is 51.6 Å². The number of hydrogen-bond donors (Lipinski definition) is 0. The zero-order chi connectivity index (χ0) is 16.2. The van der Waals surface area contributed by atoms with Crippen molar-refractivity contribution in [3.63, 3.8) is 0 Å². The zero-order valence-corrected chi connectivity index (χ0v) is 13.8. The van der Waals surface area contributed by atoms with Gasteiger partial charge in [0, 0.05) is 57.0 Å². The Morgan fingerprint density at radius 2 is 1.79 bits per heavy atom. The lowest BCUT2D eigenvalue weighted by molar-refractivity contribution is -0.0746. The van der Waals surface area contributed by atoms with Crippen LogP contribution in [0.3, 0.4) is 0 Å². The first-order valence-corrected chi connectivity index (χ1v) is 8.67. The summed E-state index contributed by atoms with van der Waals surface area (Å²) in [5.74, 6) is 0.830. The van der Waals surface area contributed by atoms with Crippen LogP contribution in [0.15, 0.2) is 43.0 Å². The van der Waals surface area contributed by atoms with Gasteiger partial charge in [-0.05, 0) is 36.6 Å². The maximum Gasteiger partial charge on any atom is 0.225 e. The summed E-state index contributed by atoms with van der Waals surface area (Å²) in [6, 6.07) is 6.53. The summed E-state index contributed by atoms with van der Waals surface area (Å²) in [6.07, 6.45) is 9.77. The van der Waals surface area contributed by atoms with E-state index in [0.29, 0.717) is 12.1 Å². The summed E-state index contributed by atoms with van der Waals surface area (Å²) < 4.78 is 6.09. The third-order valence-corrected chi connectivity index (χ3v) is 4.96. The van der Waals surface area contributed by atoms with Crippen molar-refractivity contribution in [2.24, 2.45) is 0 Å². The minimum absolute atomic E-state index is 0.300. The average Bonchev–Trinajstić information content (AvgIpc) is 2.87. The van der Waals surface area contributed by atoms with Crippen LogP contribution >= 0.6 is 0 Å². The lowest BCUT2D eigenvalue weighted by Gasteiger charge is -2.40. The highest BCUT2D eigenvalue weighted by Gasteiger charge is 2.35. The van der Waals surface area contributed by atoms with Crippen molar-refractivity contribution in [3.05, 3.63) is 48.5 Å². The quantitative estimate of drug-likeness (QED) is 0.857. The Kier molecular flexibility index (Phi) is 4.66. The van der Waals surface area contributed by atoms with Gasteiger partial charge in [-0.3, -0.25) is 9.88 Å². The number of morpholine rings is 1. The molecule has 0 aromatic carbocycles. The topological polar surface area (TPSA) is 54.4 Å². The van der Waals surface area contributed by atoms with E-state index in [-0.39, 0.29) is 0 Å². The van der Waals surface area contributed by atoms with Crippen molar-refractivity contribution >= 4 is 5.95 Å². The SMILES string of the molecule is c1cnc(N2CC[C@H]3OCCN(Cc4ccncc4)[C@H]3CC2)nc1. The Balaban J connectivity index is 1.46. The van der Waals surface area contributed by atoms with Crippen LogP contribution in [-0.4, -0.2) is 58.2 Å². The molecule has 0 unspecified atom stereocenters. The predicted molar refractivity (Wildman–Crippen MR) is 91.7 cm³/mol. The average molecular weight is 325 g/mol. The Hall–Kier alpha value is -2.05. The maximum absolute atomic E-state index is 6.09. The highest BCUT2D eigenvalue weighted by Crippen LogP contribution is 2.26. The molecule has 0 radical (unpaired) electrons. The lowest BCUT2D eigenvalue weighted by Crippen LogP contribution is -2.50. The van der Waals surface area contributed by atoms with Crippen LogP contribution < -0.4 is 4.90 Å². The molecule has 24 heavy (non-hydrogen) atoms. The van der Waals surface area contributed by atoms with Gasteiger partial charge in [0.05, 0.1) is 12.7 Å². The maximum atomic E-state index is 6.09. The van der Waals surface area contributed by atoms with E-state index < -0.39 is 0 Å². The molecular weight excluding hydrogens is 302 g/mol. The Bertz CT molecular complexity index is 638. The van der Waals surface area contributed by atoms with Crippen molar-refractivity contribution in [2.45, 2.75) is 31.5 Å². The fourth-order valence-corrected chi connectivity index (χ4v) is 3.73. The monoisotopic (exact) mass is 325 g/mol. The predicted octanol–water partition coefficient (Wildman–Crippen LogP) is 1.74. The molecule has 6 heteroatoms. The summed E-state index contributed by atoms with van der Waals surface area (Å²) in [7, 11) is 0. The first-order chi connectivity index (χ1) is 11.9. The van der Waals surface area contributed by atoms with E-state index in [1.807, 2.05) is 30.9 Å². The summed E-state index contributed by atoms with van der Waals surface area (Å²) >= 11 is 0. The lowest BCUT2D eigenvalue weighted by atomic mass is 10.0. The van der Waals surface area contributed by atoms with Crippen LogP contribution in [0.5, 0.6) is 0 Å². The van der Waals surface area contributed by atoms with Crippen LogP contribution in [0.2, 0.25) is 0 Å². The molecule has 0 aliphatic carbocycles. The molecule has 6 nitrogen and oxygen atoms in total. The largest absolute Gasteiger partial charge is 0.375 e. The molecule has 0 N–H and O–H groups in total. The van der Waals surface area contributed by atoms with Gasteiger partial charge in [0.15, 0.2) is 0 Å². The van der Waals surface area contributed by atoms with Gasteiger partial charge in [-0.2, -0.15) is 0 Å². The third-order valence-electron chi connectivity index (χ3n) is 4.96. The van der Waals surface area contributed by atoms with Crippen LogP contribution in [0.1, 0.15) is 18.4 Å². The van der Waals surface area contributed by atoms with E-state index in [2.05, 4.69) is 36.9 Å². The fourth-order valence-electron chi connectivity index (χ4n) is 3.73. The first-order valence-electron chi connectivity index (χ1n) is 8.67. The number of aromatic nitrogens is 3. The molecule has 4 heterocycles. The summed E-state index contributed by atoms with van der Waals surface area (Å²) in [5.41, 5.74) is 1.32. The smallest absolute Gasteiger partial charge is 0.225 e. The Morgan fingerprint density at radius 3 is 2.62 bits per heavy atom. The van der Waals surface area contributed by atoms with Crippen LogP contribution in [0, 0.1) is 0 Å². The van der Waals surface area contributed by atoms with Crippen LogP contribution in [-0.2, 0) is 11.3 Å². The number of rotatable bonds is 3. The molecule has 2 aliphatic rings. The molecule has 126 valence electrons. The zero-order valence-electron chi connectivity index (χ0n) is 13.8. The number of hydrogen-bond acceptors (Lipinski definition) is 6. The normalized spacial score (nSPS) is 25.1. The van der Waals surface area contributed by atoms with E-state index >= 15 is 0 Å². The molecule has 0 amide bonds. The van der Waals surface area contributed by atoms with Gasteiger partial charge >= 0.3 is 0 Å². The molecule has 2 aromatic heterocycles. The van der Waals surface area contributed by atoms with Crippen molar-refractivity contribution < 1.29 is 4.74 Å². The molecule has 2 aliphatic heterocycles. The van der Waals surface area contributed by atoms with Gasteiger partial charge in [-0.1, -0.05) is 0 Å². The number of fused-ring (bicyclic) bond motifs is 1. The molecule has 4 rings (SSSR count). The van der Waals surface area contributed by atoms with Gasteiger partial charge in [0.25, 0.3) is 0 Å². The Morgan fingerprint density at radius 1 is 1.00 bits per heavy atom. The fraction of sp³-hybridized carbons (Fsp3) is 0.500. The van der Waals surface area contributed by atoms with Gasteiger partial charge in [-0.25, -0.2) is 9.97 Å². The molecule has 2 saturated heterocycles. The van der Waals surface area contributed by atoms with Gasteiger partial charge < -0.3 is 9.64 Å². The molecule has 0 spiro atoms. The molecule has 2 atom stereocenters. The standard InChI is InChI=1S/C18H23N5O/c1-6-20-18(21-7-1)22-10-4-16-17(5-11-22)24-13-12-23(16)14-15-2-8-19-9-3-15/h1-3,6-9,16-17H,4-5,10-14H2/t16-,17+/m0/s1. The second-order valence-corrected chi connectivity index (χ2v) is 6.42. The highest BCUT2D eigenvalue weighted by atomic mass is 16.5. The van der Waals surface area contributed by atoms with Crippen molar-refractivity contribution in [1.29, 1.82) is 0 Å². The van der Waals surface area contributed by atoms with E-state index in [9.17, 15) is 0 Å². The van der Waals surface area contributed by atoms with Crippen LogP contribution in [0.25, 0.3) is 0 Å². The molecule has 0 saturated carbocycles. The Labute approximate surface area is 142 Å². The number of anilines is 1. The van der Waals surface area contributed by atoms with Crippen molar-refractivity contribution in [2.75, 3.05) is 31.1 Å². The molecule has 2 fully saturated rings.